The summed E-state index contributed by atoms with van der Waals surface area (Å²) >= 11 is 0. The standard InChI is InChI=1S/C3H6O3.Ca.ClH.Mg.Na/c1-2(4)3(5)6;;;;/h2,4H,1H3,(H,5,6);;1H;;/q;+2;;+2;+1/p-2. The summed E-state index contributed by atoms with van der Waals surface area (Å²) in [4.78, 5) is 9.34. The van der Waals surface area contributed by atoms with Crippen molar-refractivity contribution in [1.29, 1.82) is 0 Å². The van der Waals surface area contributed by atoms with Gasteiger partial charge in [-0.25, -0.2) is 0 Å². The molecule has 0 fully saturated rings. The summed E-state index contributed by atoms with van der Waals surface area (Å²) in [6.45, 7) is 1.13. The molecule has 0 bridgehead atoms. The zero-order chi connectivity index (χ0) is 5.15. The Morgan fingerprint density at radius 1 is 1.60 bits per heavy atom. The Labute approximate surface area is 134 Å². The van der Waals surface area contributed by atoms with Crippen molar-refractivity contribution in [3.63, 3.8) is 0 Å². The van der Waals surface area contributed by atoms with Crippen LogP contribution in [0.2, 0.25) is 0 Å². The van der Waals surface area contributed by atoms with Crippen LogP contribution < -0.4 is 47.1 Å². The molecular weight excluding hydrogens is 207 g/mol. The summed E-state index contributed by atoms with van der Waals surface area (Å²) in [5.74, 6) is -1.44. The molecule has 44 valence electrons. The number of hydrogen-bond donors (Lipinski definition) is 1. The summed E-state index contributed by atoms with van der Waals surface area (Å²) in [6, 6.07) is 0. The molecule has 0 radical (unpaired) electrons. The smallest absolute Gasteiger partial charge is 1.00 e. The molecule has 0 aromatic heterocycles. The van der Waals surface area contributed by atoms with Crippen molar-refractivity contribution in [1.82, 2.24) is 0 Å². The summed E-state index contributed by atoms with van der Waals surface area (Å²) in [6.07, 6.45) is -1.34. The normalized spacial score (nSPS) is 8.20. The van der Waals surface area contributed by atoms with Crippen LogP contribution in [0.25, 0.3) is 0 Å². The van der Waals surface area contributed by atoms with Crippen LogP contribution in [0.4, 0.5) is 0 Å². The van der Waals surface area contributed by atoms with Crippen molar-refractivity contribution in [2.24, 2.45) is 0 Å². The fraction of sp³-hybridized carbons (Fsp3) is 0.667. The number of aliphatic carboxylic acids is 1. The van der Waals surface area contributed by atoms with Crippen molar-refractivity contribution in [3.05, 3.63) is 0 Å². The van der Waals surface area contributed by atoms with E-state index in [9.17, 15) is 9.90 Å². The van der Waals surface area contributed by atoms with E-state index in [1.807, 2.05) is 0 Å². The number of carboxylic acid groups (broad SMARTS) is 1. The van der Waals surface area contributed by atoms with Crippen LogP contribution in [-0.4, -0.2) is 78.0 Å². The average Bonchev–Trinajstić information content (AvgIpc) is 1.36. The third-order valence-electron chi connectivity index (χ3n) is 0.341. The van der Waals surface area contributed by atoms with Gasteiger partial charge in [0, 0.05) is 0 Å². The molecule has 0 amide bonds. The maximum atomic E-state index is 9.34. The first kappa shape index (κ1) is 29.3. The van der Waals surface area contributed by atoms with E-state index in [4.69, 9.17) is 5.11 Å². The third-order valence-corrected chi connectivity index (χ3v) is 0.341. The maximum absolute atomic E-state index is 9.34. The van der Waals surface area contributed by atoms with Crippen LogP contribution in [0, 0.1) is 0 Å². The number of aliphatic hydroxyl groups excluding tert-OH is 1. The van der Waals surface area contributed by atoms with Gasteiger partial charge in [-0.1, -0.05) is 0 Å². The van der Waals surface area contributed by atoms with E-state index < -0.39 is 12.1 Å². The first-order valence-corrected chi connectivity index (χ1v) is 1.53. The number of aliphatic hydroxyl groups is 1. The SMILES string of the molecule is CC(O)C(=O)[O-].[Ca+2].[Cl-].[Mg+2].[Na+]. The molecule has 0 aromatic rings. The van der Waals surface area contributed by atoms with Crippen LogP contribution in [0.3, 0.4) is 0 Å². The number of carbonyl (C=O) groups is 1. The first-order valence-electron chi connectivity index (χ1n) is 1.53. The van der Waals surface area contributed by atoms with Gasteiger partial charge in [0.05, 0.1) is 12.1 Å². The van der Waals surface area contributed by atoms with Crippen molar-refractivity contribution < 1.29 is 57.0 Å². The van der Waals surface area contributed by atoms with Crippen LogP contribution >= 0.6 is 0 Å². The van der Waals surface area contributed by atoms with Crippen LogP contribution in [0.5, 0.6) is 0 Å². The van der Waals surface area contributed by atoms with Crippen molar-refractivity contribution in [3.8, 4) is 0 Å². The van der Waals surface area contributed by atoms with E-state index in [0.29, 0.717) is 0 Å². The van der Waals surface area contributed by atoms with Gasteiger partial charge in [0.15, 0.2) is 0 Å². The largest absolute Gasteiger partial charge is 2.00 e. The fourth-order valence-electron chi connectivity index (χ4n) is 0. The Hall–Kier alpha value is 2.75. The second-order valence-corrected chi connectivity index (χ2v) is 0.995. The quantitative estimate of drug-likeness (QED) is 0.439. The zero-order valence-corrected chi connectivity index (χ0v) is 12.5. The molecule has 1 N–H and O–H groups in total. The van der Waals surface area contributed by atoms with E-state index in [1.165, 1.54) is 0 Å². The van der Waals surface area contributed by atoms with Gasteiger partial charge in [0.25, 0.3) is 0 Å². The topological polar surface area (TPSA) is 60.4 Å². The molecule has 0 spiro atoms. The number of carboxylic acids is 1. The summed E-state index contributed by atoms with van der Waals surface area (Å²) in [7, 11) is 0. The zero-order valence-electron chi connectivity index (χ0n) is 6.13. The minimum atomic E-state index is -1.44. The van der Waals surface area contributed by atoms with Crippen LogP contribution in [0.1, 0.15) is 6.92 Å². The van der Waals surface area contributed by atoms with E-state index >= 15 is 0 Å². The first-order chi connectivity index (χ1) is 2.64. The van der Waals surface area contributed by atoms with E-state index in [-0.39, 0.29) is 103 Å². The number of carbonyl (C=O) groups excluding carboxylic acids is 1. The summed E-state index contributed by atoms with van der Waals surface area (Å²) in [5.41, 5.74) is 0. The Morgan fingerprint density at radius 3 is 1.70 bits per heavy atom. The molecule has 0 aliphatic rings. The molecule has 10 heavy (non-hydrogen) atoms. The molecule has 0 aliphatic carbocycles. The minimum Gasteiger partial charge on any atom is -1.00 e. The number of rotatable bonds is 1. The van der Waals surface area contributed by atoms with Crippen LogP contribution in [-0.2, 0) is 4.79 Å². The summed E-state index contributed by atoms with van der Waals surface area (Å²) in [5, 5.41) is 17.3. The molecule has 0 aromatic carbocycles. The summed E-state index contributed by atoms with van der Waals surface area (Å²) < 4.78 is 0. The molecule has 0 saturated heterocycles. The predicted octanol–water partition coefficient (Wildman–Crippen LogP) is -8.64. The third kappa shape index (κ3) is 22.4. The van der Waals surface area contributed by atoms with Crippen molar-refractivity contribution in [2.45, 2.75) is 13.0 Å². The number of halogens is 1. The van der Waals surface area contributed by atoms with Gasteiger partial charge < -0.3 is 27.4 Å². The predicted molar refractivity (Wildman–Crippen MR) is 28.2 cm³/mol. The van der Waals surface area contributed by atoms with Gasteiger partial charge >= 0.3 is 90.3 Å². The molecule has 0 rings (SSSR count). The van der Waals surface area contributed by atoms with Crippen LogP contribution in [0.15, 0.2) is 0 Å². The monoisotopic (exact) mass is 211 g/mol. The van der Waals surface area contributed by atoms with Gasteiger partial charge in [0.1, 0.15) is 0 Å². The molecule has 0 heterocycles. The van der Waals surface area contributed by atoms with Crippen molar-refractivity contribution >= 4 is 66.8 Å². The van der Waals surface area contributed by atoms with Crippen molar-refractivity contribution in [2.75, 3.05) is 0 Å². The second kappa shape index (κ2) is 17.7. The second-order valence-electron chi connectivity index (χ2n) is 0.995. The van der Waals surface area contributed by atoms with E-state index in [1.54, 1.807) is 0 Å². The Bertz CT molecular complexity index is 74.8. The molecule has 7 heteroatoms. The minimum absolute atomic E-state index is 0. The van der Waals surface area contributed by atoms with Gasteiger partial charge in [0.2, 0.25) is 0 Å². The van der Waals surface area contributed by atoms with Gasteiger partial charge in [-0.3, -0.25) is 0 Å². The average molecular weight is 212 g/mol. The van der Waals surface area contributed by atoms with Gasteiger partial charge in [-0.2, -0.15) is 0 Å². The molecule has 1 unspecified atom stereocenters. The Morgan fingerprint density at radius 2 is 1.70 bits per heavy atom. The Balaban J connectivity index is -0.0000000208. The number of hydrogen-bond acceptors (Lipinski definition) is 3. The molecule has 3 nitrogen and oxygen atoms in total. The van der Waals surface area contributed by atoms with Gasteiger partial charge in [-0.05, 0) is 6.92 Å². The van der Waals surface area contributed by atoms with E-state index in [0.717, 1.165) is 6.92 Å². The molecule has 1 atom stereocenters. The molecule has 0 saturated carbocycles. The fourth-order valence-corrected chi connectivity index (χ4v) is 0. The maximum Gasteiger partial charge on any atom is 2.00 e. The Kier molecular flexibility index (Phi) is 52.0. The molecular formula is C3H5CaClMgNaO3+3. The van der Waals surface area contributed by atoms with E-state index in [2.05, 4.69) is 0 Å². The molecule has 0 aliphatic heterocycles. The van der Waals surface area contributed by atoms with Gasteiger partial charge in [-0.15, -0.1) is 0 Å².